The highest BCUT2D eigenvalue weighted by Gasteiger charge is 2.72. The maximum absolute atomic E-state index is 11.4. The van der Waals surface area contributed by atoms with E-state index in [0.717, 1.165) is 18.3 Å². The molecule has 1 N–H and O–H groups in total. The number of esters is 1. The maximum Gasteiger partial charge on any atom is 0.333 e. The largest absolute Gasteiger partial charge is 0.429 e. The van der Waals surface area contributed by atoms with E-state index in [2.05, 4.69) is 26.8 Å². The van der Waals surface area contributed by atoms with E-state index in [1.807, 2.05) is 0 Å². The first-order valence-corrected chi connectivity index (χ1v) is 11.7. The molecule has 2 heterocycles. The Morgan fingerprint density at radius 1 is 1.24 bits per heavy atom. The summed E-state index contributed by atoms with van der Waals surface area (Å²) in [5.41, 5.74) is 3.65. The summed E-state index contributed by atoms with van der Waals surface area (Å²) in [7, 11) is 0. The average Bonchev–Trinajstić information content (AvgIpc) is 3.19. The molecule has 5 rings (SSSR count). The molecule has 1 spiro atoms. The van der Waals surface area contributed by atoms with Crippen molar-refractivity contribution in [2.75, 3.05) is 6.61 Å². The van der Waals surface area contributed by atoms with Gasteiger partial charge in [0.1, 0.15) is 0 Å². The van der Waals surface area contributed by atoms with Crippen LogP contribution < -0.4 is 0 Å². The van der Waals surface area contributed by atoms with E-state index in [1.165, 1.54) is 56.6 Å². The van der Waals surface area contributed by atoms with E-state index in [1.54, 1.807) is 0 Å². The fraction of sp³-hybridized carbons (Fsp3) is 0.800. The van der Waals surface area contributed by atoms with Gasteiger partial charge in [-0.25, -0.2) is 4.79 Å². The Morgan fingerprint density at radius 3 is 2.76 bits per heavy atom. The normalized spacial score (nSPS) is 48.9. The third-order valence-corrected chi connectivity index (χ3v) is 9.86. The lowest BCUT2D eigenvalue weighted by molar-refractivity contribution is -0.152. The molecule has 0 aromatic carbocycles. The SMILES string of the molecule is C[C@@H]1CC[C@]23C[C@@]2(C)CCCC3[C@]1(C)CCC1=CCC(C2=CC(=O)OC2O)OC1. The summed E-state index contributed by atoms with van der Waals surface area (Å²) in [5.74, 6) is 1.21. The number of hydrogen-bond donors (Lipinski definition) is 1. The number of carbonyl (C=O) groups excluding carboxylic acids is 1. The van der Waals surface area contributed by atoms with Gasteiger partial charge >= 0.3 is 5.97 Å². The zero-order valence-corrected chi connectivity index (χ0v) is 18.2. The molecule has 0 saturated heterocycles. The molecule has 3 saturated carbocycles. The molecular formula is C25H36O4. The van der Waals surface area contributed by atoms with Crippen LogP contribution in [0.25, 0.3) is 0 Å². The lowest BCUT2D eigenvalue weighted by Crippen LogP contribution is -2.47. The second-order valence-corrected chi connectivity index (χ2v) is 11.1. The Balaban J connectivity index is 1.25. The minimum atomic E-state index is -1.14. The first-order chi connectivity index (χ1) is 13.8. The Hall–Kier alpha value is -1.13. The third-order valence-electron chi connectivity index (χ3n) is 9.86. The summed E-state index contributed by atoms with van der Waals surface area (Å²) in [4.78, 5) is 11.4. The molecule has 0 aromatic rings. The minimum Gasteiger partial charge on any atom is -0.429 e. The van der Waals surface area contributed by atoms with E-state index >= 15 is 0 Å². The fourth-order valence-corrected chi connectivity index (χ4v) is 7.72. The Kier molecular flexibility index (Phi) is 4.57. The van der Waals surface area contributed by atoms with Gasteiger partial charge in [-0.2, -0.15) is 0 Å². The quantitative estimate of drug-likeness (QED) is 0.538. The number of cyclic esters (lactones) is 1. The molecule has 3 aliphatic carbocycles. The van der Waals surface area contributed by atoms with Crippen molar-refractivity contribution in [3.05, 3.63) is 23.3 Å². The van der Waals surface area contributed by atoms with Gasteiger partial charge in [0.15, 0.2) is 0 Å². The highest BCUT2D eigenvalue weighted by molar-refractivity contribution is 5.85. The van der Waals surface area contributed by atoms with E-state index in [9.17, 15) is 9.90 Å². The number of hydrogen-bond acceptors (Lipinski definition) is 4. The average molecular weight is 401 g/mol. The predicted molar refractivity (Wildman–Crippen MR) is 111 cm³/mol. The van der Waals surface area contributed by atoms with Gasteiger partial charge in [0.05, 0.1) is 12.7 Å². The summed E-state index contributed by atoms with van der Waals surface area (Å²) in [6.07, 6.45) is 14.0. The zero-order valence-electron chi connectivity index (χ0n) is 18.2. The van der Waals surface area contributed by atoms with E-state index < -0.39 is 12.3 Å². The second-order valence-electron chi connectivity index (χ2n) is 11.1. The first kappa shape index (κ1) is 19.8. The van der Waals surface area contributed by atoms with Gasteiger partial charge in [-0.05, 0) is 85.0 Å². The van der Waals surface area contributed by atoms with Crippen LogP contribution in [0.3, 0.4) is 0 Å². The summed E-state index contributed by atoms with van der Waals surface area (Å²) in [5, 5.41) is 9.86. The number of aliphatic hydroxyl groups is 1. The number of ether oxygens (including phenoxy) is 2. The molecule has 4 heteroatoms. The van der Waals surface area contributed by atoms with Crippen molar-refractivity contribution in [1.82, 2.24) is 0 Å². The van der Waals surface area contributed by atoms with E-state index in [0.29, 0.717) is 34.8 Å². The second kappa shape index (κ2) is 6.68. The molecule has 4 nitrogen and oxygen atoms in total. The minimum absolute atomic E-state index is 0.238. The van der Waals surface area contributed by atoms with Crippen LogP contribution in [0.5, 0.6) is 0 Å². The van der Waals surface area contributed by atoms with Crippen molar-refractivity contribution in [2.24, 2.45) is 28.1 Å². The molecule has 29 heavy (non-hydrogen) atoms. The van der Waals surface area contributed by atoms with E-state index in [-0.39, 0.29) is 6.10 Å². The van der Waals surface area contributed by atoms with Crippen molar-refractivity contribution < 1.29 is 19.4 Å². The Bertz CT molecular complexity index is 769. The number of carbonyl (C=O) groups is 1. The molecule has 0 aromatic heterocycles. The molecule has 0 amide bonds. The number of aliphatic hydroxyl groups excluding tert-OH is 1. The molecule has 2 aliphatic heterocycles. The molecule has 5 aliphatic rings. The van der Waals surface area contributed by atoms with Crippen LogP contribution in [-0.2, 0) is 14.3 Å². The van der Waals surface area contributed by atoms with Crippen LogP contribution in [0.4, 0.5) is 0 Å². The molecule has 3 fully saturated rings. The molecule has 0 radical (unpaired) electrons. The third kappa shape index (κ3) is 2.96. The highest BCUT2D eigenvalue weighted by atomic mass is 16.6. The molecule has 0 bridgehead atoms. The van der Waals surface area contributed by atoms with Crippen LogP contribution in [-0.4, -0.2) is 30.1 Å². The first-order valence-electron chi connectivity index (χ1n) is 11.7. The van der Waals surface area contributed by atoms with Gasteiger partial charge in [-0.15, -0.1) is 0 Å². The van der Waals surface area contributed by atoms with Crippen molar-refractivity contribution in [3.8, 4) is 0 Å². The predicted octanol–water partition coefficient (Wildman–Crippen LogP) is 4.92. The molecule has 160 valence electrons. The van der Waals surface area contributed by atoms with E-state index in [4.69, 9.17) is 9.47 Å². The lowest BCUT2D eigenvalue weighted by Gasteiger charge is -2.55. The Morgan fingerprint density at radius 2 is 2.07 bits per heavy atom. The van der Waals surface area contributed by atoms with Crippen LogP contribution in [0.15, 0.2) is 23.3 Å². The van der Waals surface area contributed by atoms with Gasteiger partial charge in [0.2, 0.25) is 6.29 Å². The van der Waals surface area contributed by atoms with Crippen molar-refractivity contribution >= 4 is 5.97 Å². The molecular weight excluding hydrogens is 364 g/mol. The fourth-order valence-electron chi connectivity index (χ4n) is 7.72. The van der Waals surface area contributed by atoms with Crippen molar-refractivity contribution in [1.29, 1.82) is 0 Å². The topological polar surface area (TPSA) is 55.8 Å². The van der Waals surface area contributed by atoms with Gasteiger partial charge in [-0.3, -0.25) is 0 Å². The molecule has 3 unspecified atom stereocenters. The monoisotopic (exact) mass is 400 g/mol. The van der Waals surface area contributed by atoms with Crippen molar-refractivity contribution in [2.45, 2.75) is 91.0 Å². The van der Waals surface area contributed by atoms with Gasteiger partial charge in [-0.1, -0.05) is 33.3 Å². The zero-order chi connectivity index (χ0) is 20.4. The van der Waals surface area contributed by atoms with Gasteiger partial charge < -0.3 is 14.6 Å². The lowest BCUT2D eigenvalue weighted by atomic mass is 9.50. The summed E-state index contributed by atoms with van der Waals surface area (Å²) < 4.78 is 10.8. The van der Waals surface area contributed by atoms with Crippen LogP contribution in [0.2, 0.25) is 0 Å². The summed E-state index contributed by atoms with van der Waals surface area (Å²) >= 11 is 0. The van der Waals surface area contributed by atoms with Crippen LogP contribution in [0.1, 0.15) is 78.6 Å². The molecule has 7 atom stereocenters. The summed E-state index contributed by atoms with van der Waals surface area (Å²) in [6, 6.07) is 0. The Labute approximate surface area is 174 Å². The highest BCUT2D eigenvalue weighted by Crippen LogP contribution is 2.80. The van der Waals surface area contributed by atoms with Gasteiger partial charge in [0.25, 0.3) is 0 Å². The van der Waals surface area contributed by atoms with Crippen LogP contribution in [0, 0.1) is 28.1 Å². The summed E-state index contributed by atoms with van der Waals surface area (Å²) in [6.45, 7) is 8.24. The van der Waals surface area contributed by atoms with Crippen LogP contribution >= 0.6 is 0 Å². The maximum atomic E-state index is 11.4. The smallest absolute Gasteiger partial charge is 0.333 e. The van der Waals surface area contributed by atoms with Crippen molar-refractivity contribution in [3.63, 3.8) is 0 Å². The van der Waals surface area contributed by atoms with Gasteiger partial charge in [0, 0.05) is 11.6 Å². The standard InChI is InChI=1S/C25H36O4/c1-16-8-12-25-15-23(25,2)10-4-5-20(25)24(16,3)11-9-17-6-7-19(28-14-17)18-13-21(26)29-22(18)27/h6,13,16,19-20,22,27H,4-5,7-12,14-15H2,1-3H3/t16-,19?,20?,22?,23-,24-,25-/m1/s1. The number of rotatable bonds is 4.